The van der Waals surface area contributed by atoms with Crippen LogP contribution >= 0.6 is 0 Å². The minimum atomic E-state index is -4.42. The molecule has 0 fully saturated rings. The second-order valence-electron chi connectivity index (χ2n) is 10.8. The molecule has 0 amide bonds. The fourth-order valence-electron chi connectivity index (χ4n) is 5.54. The first kappa shape index (κ1) is 32.5. The third kappa shape index (κ3) is 5.94. The van der Waals surface area contributed by atoms with Crippen molar-refractivity contribution >= 4 is 48.0 Å². The lowest BCUT2D eigenvalue weighted by Gasteiger charge is -2.29. The van der Waals surface area contributed by atoms with Gasteiger partial charge in [0.2, 0.25) is 0 Å². The topological polar surface area (TPSA) is 241 Å². The van der Waals surface area contributed by atoms with Gasteiger partial charge in [-0.25, -0.2) is 22.4 Å². The Balaban J connectivity index is 1.39. The highest BCUT2D eigenvalue weighted by molar-refractivity contribution is 7.93. The summed E-state index contributed by atoms with van der Waals surface area (Å²) in [5, 5.41) is 21.4. The van der Waals surface area contributed by atoms with E-state index in [-0.39, 0.29) is 64.1 Å². The number of benzene rings is 4. The number of nitrogens with zero attached hydrogens (tertiary/aromatic N) is 7. The number of ether oxygens (including phenoxy) is 4. The number of H-pyrrole nitrogens is 1. The molecule has 0 bridgehead atoms. The molecule has 0 unspecified atom stereocenters. The van der Waals surface area contributed by atoms with Crippen molar-refractivity contribution in [1.29, 1.82) is 5.53 Å². The SMILES string of the molecule is N=N/C(CN(c1ccc(N(Cc2nn[nH]n2)S(=O)(=O)c2ccc3c(c2)OCCO3)c2ccccc12)S(=O)(=O)c1ccc2c(c1)OCCO2)=N\N. The maximum absolute atomic E-state index is 14.4. The van der Waals surface area contributed by atoms with Crippen LogP contribution in [0.3, 0.4) is 0 Å². The summed E-state index contributed by atoms with van der Waals surface area (Å²) in [7, 11) is -8.77. The maximum Gasteiger partial charge on any atom is 0.264 e. The fourth-order valence-corrected chi connectivity index (χ4v) is 8.44. The highest BCUT2D eigenvalue weighted by atomic mass is 32.2. The Kier molecular flexibility index (Phi) is 8.53. The molecule has 0 aliphatic carbocycles. The van der Waals surface area contributed by atoms with Gasteiger partial charge in [0.1, 0.15) is 26.4 Å². The second kappa shape index (κ2) is 13.1. The summed E-state index contributed by atoms with van der Waals surface area (Å²) in [6, 6.07) is 18.1. The van der Waals surface area contributed by atoms with Gasteiger partial charge in [-0.3, -0.25) is 8.61 Å². The number of anilines is 2. The van der Waals surface area contributed by atoms with Gasteiger partial charge < -0.3 is 24.8 Å². The zero-order chi connectivity index (χ0) is 34.9. The normalized spacial score (nSPS) is 14.3. The van der Waals surface area contributed by atoms with Crippen LogP contribution in [-0.2, 0) is 26.6 Å². The number of hydrogen-bond acceptors (Lipinski definition) is 14. The van der Waals surface area contributed by atoms with E-state index in [1.54, 1.807) is 24.3 Å². The summed E-state index contributed by atoms with van der Waals surface area (Å²) in [5.41, 5.74) is 7.86. The Bertz CT molecular complexity index is 2340. The smallest absolute Gasteiger partial charge is 0.264 e. The van der Waals surface area contributed by atoms with Crippen LogP contribution in [0.2, 0.25) is 0 Å². The van der Waals surface area contributed by atoms with E-state index >= 15 is 0 Å². The molecule has 0 saturated carbocycles. The number of hydrazone groups is 1. The van der Waals surface area contributed by atoms with Gasteiger partial charge in [0.15, 0.2) is 34.7 Å². The molecule has 7 rings (SSSR count). The van der Waals surface area contributed by atoms with Crippen molar-refractivity contribution in [2.45, 2.75) is 16.3 Å². The van der Waals surface area contributed by atoms with Crippen LogP contribution in [-0.4, -0.2) is 76.3 Å². The van der Waals surface area contributed by atoms with Gasteiger partial charge in [0, 0.05) is 22.9 Å². The van der Waals surface area contributed by atoms with Gasteiger partial charge in [-0.05, 0) is 36.4 Å². The van der Waals surface area contributed by atoms with Crippen LogP contribution < -0.4 is 33.4 Å². The summed E-state index contributed by atoms with van der Waals surface area (Å²) in [6.45, 7) is 0.282. The molecule has 3 heterocycles. The molecule has 4 N–H and O–H groups in total. The molecule has 258 valence electrons. The van der Waals surface area contributed by atoms with Gasteiger partial charge in [-0.1, -0.05) is 29.5 Å². The van der Waals surface area contributed by atoms with Gasteiger partial charge >= 0.3 is 0 Å². The third-order valence-corrected chi connectivity index (χ3v) is 11.4. The predicted molar refractivity (Wildman–Crippen MR) is 178 cm³/mol. The summed E-state index contributed by atoms with van der Waals surface area (Å²) in [5.74, 6) is 6.58. The number of aromatic nitrogens is 4. The van der Waals surface area contributed by atoms with Gasteiger partial charge in [-0.15, -0.1) is 15.3 Å². The number of amidine groups is 1. The average Bonchev–Trinajstić information content (AvgIpc) is 3.67. The first-order valence-electron chi connectivity index (χ1n) is 14.9. The first-order chi connectivity index (χ1) is 24.2. The number of tetrazole rings is 1. The van der Waals surface area contributed by atoms with Crippen molar-refractivity contribution < 1.29 is 35.8 Å². The standard InChI is InChI=1S/C30H28N10O8S2/c31-33-29(34-32)17-39(49(41,42)19-5-9-25-27(15-19)47-13-11-45-25)23-7-8-24(22-4-2-1-3-21(22)23)40(18-30-35-37-38-36-30)50(43,44)20-6-10-26-28(16-20)48-14-12-46-26/h1-10,15-16,31H,11-14,17-18,32H2,(H,35,36,37,38)/b33-31?,34-29-. The molecule has 50 heavy (non-hydrogen) atoms. The molecule has 4 aromatic carbocycles. The number of aromatic amines is 1. The van der Waals surface area contributed by atoms with Crippen LogP contribution in [0.5, 0.6) is 23.0 Å². The zero-order valence-electron chi connectivity index (χ0n) is 26.0. The number of hydrogen-bond donors (Lipinski definition) is 3. The number of nitrogens with two attached hydrogens (primary N) is 1. The van der Waals surface area contributed by atoms with E-state index in [4.69, 9.17) is 30.3 Å². The Hall–Kier alpha value is -6.02. The van der Waals surface area contributed by atoms with E-state index in [0.29, 0.717) is 35.5 Å². The number of sulfonamides is 2. The quantitative estimate of drug-likeness (QED) is 0.0620. The summed E-state index contributed by atoms with van der Waals surface area (Å²) in [4.78, 5) is -0.238. The molecule has 0 saturated heterocycles. The molecular weight excluding hydrogens is 693 g/mol. The average molecular weight is 721 g/mol. The zero-order valence-corrected chi connectivity index (χ0v) is 27.6. The largest absolute Gasteiger partial charge is 0.486 e. The van der Waals surface area contributed by atoms with Crippen LogP contribution in [0.4, 0.5) is 11.4 Å². The van der Waals surface area contributed by atoms with E-state index in [9.17, 15) is 16.8 Å². The highest BCUT2D eigenvalue weighted by Gasteiger charge is 2.33. The van der Waals surface area contributed by atoms with Crippen LogP contribution in [0, 0.1) is 5.53 Å². The first-order valence-corrected chi connectivity index (χ1v) is 17.8. The minimum Gasteiger partial charge on any atom is -0.486 e. The van der Waals surface area contributed by atoms with Crippen molar-refractivity contribution in [3.05, 3.63) is 78.6 Å². The van der Waals surface area contributed by atoms with Crippen molar-refractivity contribution in [3.8, 4) is 23.0 Å². The molecule has 18 nitrogen and oxygen atoms in total. The van der Waals surface area contributed by atoms with E-state index in [2.05, 4.69) is 30.8 Å². The van der Waals surface area contributed by atoms with Crippen molar-refractivity contribution in [3.63, 3.8) is 0 Å². The lowest BCUT2D eigenvalue weighted by atomic mass is 10.1. The molecule has 2 aliphatic heterocycles. The number of nitrogens with one attached hydrogen (secondary N) is 2. The Morgan fingerprint density at radius 3 is 1.78 bits per heavy atom. The van der Waals surface area contributed by atoms with Gasteiger partial charge in [-0.2, -0.15) is 10.3 Å². The maximum atomic E-state index is 14.4. The van der Waals surface area contributed by atoms with Crippen molar-refractivity contribution in [2.24, 2.45) is 16.1 Å². The van der Waals surface area contributed by atoms with E-state index < -0.39 is 26.6 Å². The summed E-state index contributed by atoms with van der Waals surface area (Å²) in [6.07, 6.45) is 0. The molecule has 0 radical (unpaired) electrons. The van der Waals surface area contributed by atoms with Crippen LogP contribution in [0.25, 0.3) is 10.8 Å². The monoisotopic (exact) mass is 720 g/mol. The highest BCUT2D eigenvalue weighted by Crippen LogP contribution is 2.41. The molecule has 5 aromatic rings. The van der Waals surface area contributed by atoms with Gasteiger partial charge in [0.05, 0.1) is 34.3 Å². The Morgan fingerprint density at radius 1 is 0.760 bits per heavy atom. The number of rotatable bonds is 10. The molecule has 0 spiro atoms. The number of fused-ring (bicyclic) bond motifs is 3. The van der Waals surface area contributed by atoms with Crippen LogP contribution in [0.15, 0.2) is 92.8 Å². The van der Waals surface area contributed by atoms with Crippen molar-refractivity contribution in [2.75, 3.05) is 41.6 Å². The third-order valence-electron chi connectivity index (χ3n) is 7.86. The Morgan fingerprint density at radius 2 is 1.28 bits per heavy atom. The summed E-state index contributed by atoms with van der Waals surface area (Å²) < 4.78 is 82.2. The van der Waals surface area contributed by atoms with Gasteiger partial charge in [0.25, 0.3) is 20.0 Å². The molecule has 2 aliphatic rings. The minimum absolute atomic E-state index is 0.0722. The van der Waals surface area contributed by atoms with E-state index in [1.165, 1.54) is 48.5 Å². The van der Waals surface area contributed by atoms with Crippen LogP contribution in [0.1, 0.15) is 5.82 Å². The lowest BCUT2D eigenvalue weighted by molar-refractivity contribution is 0.171. The summed E-state index contributed by atoms with van der Waals surface area (Å²) >= 11 is 0. The Labute approximate surface area is 285 Å². The second-order valence-corrected chi connectivity index (χ2v) is 14.5. The fraction of sp³-hybridized carbons (Fsp3) is 0.200. The van der Waals surface area contributed by atoms with E-state index in [0.717, 1.165) is 8.61 Å². The lowest BCUT2D eigenvalue weighted by Crippen LogP contribution is -2.36. The van der Waals surface area contributed by atoms with E-state index in [1.807, 2.05) is 0 Å². The molecule has 20 heteroatoms. The molecular formula is C30H28N10O8S2. The molecule has 1 aromatic heterocycles. The molecule has 0 atom stereocenters. The van der Waals surface area contributed by atoms with Crippen molar-refractivity contribution in [1.82, 2.24) is 20.6 Å². The predicted octanol–water partition coefficient (Wildman–Crippen LogP) is 2.79.